The van der Waals surface area contributed by atoms with Crippen LogP contribution in [0.5, 0.6) is 0 Å². The number of hydrogen-bond donors (Lipinski definition) is 1. The molecule has 0 saturated heterocycles. The average Bonchev–Trinajstić information content (AvgIpc) is 2.60. The van der Waals surface area contributed by atoms with Crippen LogP contribution in [-0.2, 0) is 27.8 Å². The Morgan fingerprint density at radius 3 is 2.60 bits per heavy atom. The number of amides is 1. The van der Waals surface area contributed by atoms with Crippen LogP contribution in [0.4, 0.5) is 0 Å². The van der Waals surface area contributed by atoms with Crippen molar-refractivity contribution in [1.29, 1.82) is 0 Å². The van der Waals surface area contributed by atoms with E-state index in [1.165, 1.54) is 17.7 Å². The summed E-state index contributed by atoms with van der Waals surface area (Å²) in [7, 11) is -3.81. The van der Waals surface area contributed by atoms with Gasteiger partial charge in [0.05, 0.1) is 10.9 Å². The number of nitrogens with zero attached hydrogens (tertiary/aromatic N) is 1. The van der Waals surface area contributed by atoms with Gasteiger partial charge in [0.1, 0.15) is 0 Å². The van der Waals surface area contributed by atoms with Gasteiger partial charge in [-0.2, -0.15) is 4.72 Å². The highest BCUT2D eigenvalue weighted by Crippen LogP contribution is 2.20. The van der Waals surface area contributed by atoms with E-state index in [9.17, 15) is 13.2 Å². The van der Waals surface area contributed by atoms with Crippen molar-refractivity contribution in [2.24, 2.45) is 0 Å². The van der Waals surface area contributed by atoms with Gasteiger partial charge in [-0.05, 0) is 42.7 Å². The predicted octanol–water partition coefficient (Wildman–Crippen LogP) is 2.59. The second kappa shape index (κ2) is 7.15. The molecule has 1 N–H and O–H groups in total. The Morgan fingerprint density at radius 2 is 1.88 bits per heavy atom. The first-order valence-corrected chi connectivity index (χ1v) is 9.86. The second-order valence-electron chi connectivity index (χ2n) is 6.08. The molecule has 0 aliphatic carbocycles. The Morgan fingerprint density at radius 1 is 1.16 bits per heavy atom. The maximum absolute atomic E-state index is 12.7. The Balaban J connectivity index is 1.71. The lowest BCUT2D eigenvalue weighted by Crippen LogP contribution is -2.48. The van der Waals surface area contributed by atoms with Gasteiger partial charge >= 0.3 is 0 Å². The minimum Gasteiger partial charge on any atom is -0.337 e. The van der Waals surface area contributed by atoms with Crippen LogP contribution in [0, 0.1) is 0 Å². The van der Waals surface area contributed by atoms with Crippen molar-refractivity contribution in [3.8, 4) is 0 Å². The molecule has 1 aliphatic heterocycles. The predicted molar refractivity (Wildman–Crippen MR) is 96.8 cm³/mol. The summed E-state index contributed by atoms with van der Waals surface area (Å²) in [5, 5.41) is 0.328. The topological polar surface area (TPSA) is 66.5 Å². The van der Waals surface area contributed by atoms with Crippen molar-refractivity contribution in [2.75, 3.05) is 6.54 Å². The fourth-order valence-electron chi connectivity index (χ4n) is 2.94. The van der Waals surface area contributed by atoms with Crippen LogP contribution in [0.15, 0.2) is 53.4 Å². The van der Waals surface area contributed by atoms with Gasteiger partial charge in [0.15, 0.2) is 0 Å². The highest BCUT2D eigenvalue weighted by Gasteiger charge is 2.28. The van der Waals surface area contributed by atoms with Gasteiger partial charge in [-0.1, -0.05) is 41.9 Å². The van der Waals surface area contributed by atoms with E-state index in [-0.39, 0.29) is 10.8 Å². The third kappa shape index (κ3) is 4.03. The molecule has 25 heavy (non-hydrogen) atoms. The zero-order chi connectivity index (χ0) is 18.0. The van der Waals surface area contributed by atoms with Crippen molar-refractivity contribution in [2.45, 2.75) is 30.8 Å². The molecule has 132 valence electrons. The molecule has 2 aromatic rings. The van der Waals surface area contributed by atoms with Gasteiger partial charge < -0.3 is 4.90 Å². The van der Waals surface area contributed by atoms with E-state index in [0.717, 1.165) is 12.0 Å². The summed E-state index contributed by atoms with van der Waals surface area (Å²) >= 11 is 5.85. The molecule has 1 heterocycles. The standard InChI is InChI=1S/C18H19ClN2O3S/c1-13(20-25(23,24)17-8-4-7-16(19)11-17)18(22)21-10-9-14-5-2-3-6-15(14)12-21/h2-8,11,13,20H,9-10,12H2,1H3/t13-/m1/s1. The van der Waals surface area contributed by atoms with Crippen LogP contribution in [-0.4, -0.2) is 31.8 Å². The molecule has 0 fully saturated rings. The van der Waals surface area contributed by atoms with Crippen LogP contribution >= 0.6 is 11.6 Å². The van der Waals surface area contributed by atoms with Crippen LogP contribution < -0.4 is 4.72 Å². The summed E-state index contributed by atoms with van der Waals surface area (Å²) in [5.41, 5.74) is 2.34. The van der Waals surface area contributed by atoms with E-state index in [1.807, 2.05) is 18.2 Å². The van der Waals surface area contributed by atoms with E-state index < -0.39 is 16.1 Å². The van der Waals surface area contributed by atoms with Crippen LogP contribution in [0.2, 0.25) is 5.02 Å². The summed E-state index contributed by atoms with van der Waals surface area (Å²) in [6.07, 6.45) is 0.773. The number of halogens is 1. The summed E-state index contributed by atoms with van der Waals surface area (Å²) in [6.45, 7) is 2.64. The second-order valence-corrected chi connectivity index (χ2v) is 8.23. The molecule has 0 spiro atoms. The third-order valence-electron chi connectivity index (χ3n) is 4.25. The molecular formula is C18H19ClN2O3S. The quantitative estimate of drug-likeness (QED) is 0.889. The molecular weight excluding hydrogens is 360 g/mol. The van der Waals surface area contributed by atoms with Crippen molar-refractivity contribution in [1.82, 2.24) is 9.62 Å². The number of nitrogens with one attached hydrogen (secondary N) is 1. The van der Waals surface area contributed by atoms with E-state index in [2.05, 4.69) is 10.8 Å². The van der Waals surface area contributed by atoms with Crippen molar-refractivity contribution in [3.63, 3.8) is 0 Å². The average molecular weight is 379 g/mol. The van der Waals surface area contributed by atoms with Gasteiger partial charge in [-0.25, -0.2) is 8.42 Å². The molecule has 3 rings (SSSR count). The van der Waals surface area contributed by atoms with E-state index in [0.29, 0.717) is 18.1 Å². The Kier molecular flexibility index (Phi) is 5.13. The molecule has 0 aromatic heterocycles. The Hall–Kier alpha value is -1.89. The zero-order valence-electron chi connectivity index (χ0n) is 13.8. The molecule has 0 unspecified atom stereocenters. The maximum atomic E-state index is 12.7. The lowest BCUT2D eigenvalue weighted by atomic mass is 9.99. The van der Waals surface area contributed by atoms with Crippen molar-refractivity contribution < 1.29 is 13.2 Å². The molecule has 0 bridgehead atoms. The smallest absolute Gasteiger partial charge is 0.241 e. The van der Waals surface area contributed by atoms with Gasteiger partial charge in [0.25, 0.3) is 0 Å². The number of hydrogen-bond acceptors (Lipinski definition) is 3. The summed E-state index contributed by atoms with van der Waals surface area (Å²) in [4.78, 5) is 14.4. The normalized spacial score (nSPS) is 15.5. The van der Waals surface area contributed by atoms with Gasteiger partial charge in [-0.15, -0.1) is 0 Å². The highest BCUT2D eigenvalue weighted by atomic mass is 35.5. The van der Waals surface area contributed by atoms with Crippen LogP contribution in [0.3, 0.4) is 0 Å². The van der Waals surface area contributed by atoms with Gasteiger partial charge in [0.2, 0.25) is 15.9 Å². The Bertz CT molecular complexity index is 899. The largest absolute Gasteiger partial charge is 0.337 e. The molecule has 1 amide bonds. The monoisotopic (exact) mass is 378 g/mol. The van der Waals surface area contributed by atoms with Crippen LogP contribution in [0.1, 0.15) is 18.1 Å². The summed E-state index contributed by atoms with van der Waals surface area (Å²) in [6, 6.07) is 13.1. The van der Waals surface area contributed by atoms with E-state index in [1.54, 1.807) is 24.0 Å². The first kappa shape index (κ1) is 17.9. The molecule has 0 radical (unpaired) electrons. The third-order valence-corrected chi connectivity index (χ3v) is 6.02. The molecule has 7 heteroatoms. The number of fused-ring (bicyclic) bond motifs is 1. The minimum absolute atomic E-state index is 0.0450. The lowest BCUT2D eigenvalue weighted by molar-refractivity contribution is -0.133. The first-order chi connectivity index (χ1) is 11.9. The zero-order valence-corrected chi connectivity index (χ0v) is 15.3. The summed E-state index contributed by atoms with van der Waals surface area (Å²) in [5.74, 6) is -0.236. The number of carbonyl (C=O) groups is 1. The number of carbonyl (C=O) groups excluding carboxylic acids is 1. The van der Waals surface area contributed by atoms with Crippen molar-refractivity contribution >= 4 is 27.5 Å². The van der Waals surface area contributed by atoms with Gasteiger partial charge in [0, 0.05) is 18.1 Å². The number of sulfonamides is 1. The maximum Gasteiger partial charge on any atom is 0.241 e. The minimum atomic E-state index is -3.81. The Labute approximate surface area is 152 Å². The van der Waals surface area contributed by atoms with Crippen LogP contribution in [0.25, 0.3) is 0 Å². The van der Waals surface area contributed by atoms with E-state index in [4.69, 9.17) is 11.6 Å². The molecule has 2 aromatic carbocycles. The molecule has 0 saturated carbocycles. The number of rotatable bonds is 4. The van der Waals surface area contributed by atoms with Crippen molar-refractivity contribution in [3.05, 3.63) is 64.7 Å². The molecule has 1 aliphatic rings. The molecule has 5 nitrogen and oxygen atoms in total. The highest BCUT2D eigenvalue weighted by molar-refractivity contribution is 7.89. The first-order valence-electron chi connectivity index (χ1n) is 8.00. The lowest BCUT2D eigenvalue weighted by Gasteiger charge is -2.31. The van der Waals surface area contributed by atoms with Gasteiger partial charge in [-0.3, -0.25) is 4.79 Å². The number of benzene rings is 2. The molecule has 1 atom stereocenters. The fourth-order valence-corrected chi connectivity index (χ4v) is 4.44. The summed E-state index contributed by atoms with van der Waals surface area (Å²) < 4.78 is 27.3. The van der Waals surface area contributed by atoms with E-state index >= 15 is 0 Å². The fraction of sp³-hybridized carbons (Fsp3) is 0.278. The SMILES string of the molecule is C[C@@H](NS(=O)(=O)c1cccc(Cl)c1)C(=O)N1CCc2ccccc2C1.